The van der Waals surface area contributed by atoms with E-state index in [1.165, 1.54) is 28.2 Å². The van der Waals surface area contributed by atoms with Gasteiger partial charge in [0.2, 0.25) is 5.88 Å². The Hall–Kier alpha value is -4.51. The second kappa shape index (κ2) is 9.62. The molecule has 0 saturated carbocycles. The summed E-state index contributed by atoms with van der Waals surface area (Å²) in [5.41, 5.74) is 0.475. The van der Waals surface area contributed by atoms with Crippen LogP contribution in [0.4, 0.5) is 8.78 Å². The minimum Gasteiger partial charge on any atom is -0.471 e. The first-order valence-electron chi connectivity index (χ1n) is 11.0. The van der Waals surface area contributed by atoms with Crippen molar-refractivity contribution in [1.82, 2.24) is 34.7 Å². The van der Waals surface area contributed by atoms with Crippen molar-refractivity contribution >= 4 is 0 Å². The number of aromatic nitrogens is 7. The largest absolute Gasteiger partial charge is 0.471 e. The summed E-state index contributed by atoms with van der Waals surface area (Å²) in [6, 6.07) is 14.1. The zero-order valence-electron chi connectivity index (χ0n) is 19.1. The van der Waals surface area contributed by atoms with Crippen LogP contribution in [0, 0.1) is 11.6 Å². The number of rotatable bonds is 8. The highest BCUT2D eigenvalue weighted by molar-refractivity contribution is 5.65. The van der Waals surface area contributed by atoms with Gasteiger partial charge in [0.25, 0.3) is 0 Å². The van der Waals surface area contributed by atoms with Crippen LogP contribution >= 0.6 is 0 Å². The normalized spacial score (nSPS) is 13.8. The number of hydrogen-bond donors (Lipinski definition) is 1. The van der Waals surface area contributed by atoms with Gasteiger partial charge < -0.3 is 9.84 Å². The molecule has 0 bridgehead atoms. The van der Waals surface area contributed by atoms with Crippen LogP contribution in [-0.2, 0) is 12.1 Å². The number of halogens is 2. The second-order valence-electron chi connectivity index (χ2n) is 8.15. The van der Waals surface area contributed by atoms with Gasteiger partial charge in [0, 0.05) is 23.9 Å². The molecular weight excluding hydrogens is 468 g/mol. The van der Waals surface area contributed by atoms with Crippen molar-refractivity contribution in [3.63, 3.8) is 0 Å². The van der Waals surface area contributed by atoms with Crippen LogP contribution in [0.5, 0.6) is 5.88 Å². The minimum absolute atomic E-state index is 0.133. The average molecular weight is 489 g/mol. The van der Waals surface area contributed by atoms with Gasteiger partial charge in [-0.3, -0.25) is 0 Å². The molecule has 0 unspecified atom stereocenters. The fraction of sp³-hybridized carbons (Fsp3) is 0.160. The highest BCUT2D eigenvalue weighted by Crippen LogP contribution is 2.33. The van der Waals surface area contributed by atoms with Gasteiger partial charge in [-0.1, -0.05) is 18.2 Å². The number of benzene rings is 2. The Morgan fingerprint density at radius 2 is 1.72 bits per heavy atom. The lowest BCUT2D eigenvalue weighted by molar-refractivity contribution is -0.0773. The zero-order chi connectivity index (χ0) is 25.1. The van der Waals surface area contributed by atoms with Gasteiger partial charge in [-0.2, -0.15) is 20.1 Å². The maximum absolute atomic E-state index is 14.8. The predicted octanol–water partition coefficient (Wildman–Crippen LogP) is 3.55. The first-order valence-corrected chi connectivity index (χ1v) is 11.0. The molecule has 2 atom stereocenters. The van der Waals surface area contributed by atoms with E-state index in [1.54, 1.807) is 31.6 Å². The summed E-state index contributed by atoms with van der Waals surface area (Å²) in [6.45, 7) is 1.40. The summed E-state index contributed by atoms with van der Waals surface area (Å²) < 4.78 is 35.7. The lowest BCUT2D eigenvalue weighted by atomic mass is 9.88. The molecule has 3 aromatic heterocycles. The molecular formula is C25H21F2N7O2. The van der Waals surface area contributed by atoms with Crippen molar-refractivity contribution in [1.29, 1.82) is 0 Å². The number of nitrogens with zero attached hydrogens (tertiary/aromatic N) is 7. The van der Waals surface area contributed by atoms with E-state index in [1.807, 2.05) is 30.3 Å². The number of aliphatic hydroxyl groups is 1. The summed E-state index contributed by atoms with van der Waals surface area (Å²) in [6.07, 6.45) is 6.46. The summed E-state index contributed by atoms with van der Waals surface area (Å²) in [5.74, 6) is -1.43. The summed E-state index contributed by atoms with van der Waals surface area (Å²) >= 11 is 0. The third-order valence-electron chi connectivity index (χ3n) is 5.82. The van der Waals surface area contributed by atoms with Crippen molar-refractivity contribution in [2.24, 2.45) is 0 Å². The molecule has 3 heterocycles. The molecule has 1 N–H and O–H groups in total. The summed E-state index contributed by atoms with van der Waals surface area (Å²) in [7, 11) is 0. The van der Waals surface area contributed by atoms with E-state index in [-0.39, 0.29) is 18.0 Å². The first-order chi connectivity index (χ1) is 17.4. The zero-order valence-corrected chi connectivity index (χ0v) is 19.1. The van der Waals surface area contributed by atoms with E-state index < -0.39 is 23.3 Å². The topological polar surface area (TPSA) is 104 Å². The monoisotopic (exact) mass is 489 g/mol. The Balaban J connectivity index is 1.42. The van der Waals surface area contributed by atoms with Crippen LogP contribution < -0.4 is 4.74 Å². The average Bonchev–Trinajstić information content (AvgIpc) is 3.59. The van der Waals surface area contributed by atoms with Crippen molar-refractivity contribution in [2.75, 3.05) is 0 Å². The van der Waals surface area contributed by atoms with E-state index in [2.05, 4.69) is 25.3 Å². The molecule has 11 heteroatoms. The Labute approximate surface area is 204 Å². The van der Waals surface area contributed by atoms with Crippen LogP contribution in [0.2, 0.25) is 0 Å². The van der Waals surface area contributed by atoms with Crippen LogP contribution in [0.15, 0.2) is 85.8 Å². The van der Waals surface area contributed by atoms with Crippen molar-refractivity contribution < 1.29 is 18.6 Å². The van der Waals surface area contributed by atoms with E-state index in [9.17, 15) is 13.9 Å². The Kier molecular flexibility index (Phi) is 6.21. The fourth-order valence-electron chi connectivity index (χ4n) is 3.90. The van der Waals surface area contributed by atoms with Gasteiger partial charge in [-0.15, -0.1) is 0 Å². The van der Waals surface area contributed by atoms with Gasteiger partial charge >= 0.3 is 0 Å². The third kappa shape index (κ3) is 4.68. The molecule has 0 aliphatic rings. The fourth-order valence-corrected chi connectivity index (χ4v) is 3.90. The lowest BCUT2D eigenvalue weighted by Crippen LogP contribution is -2.45. The molecule has 0 radical (unpaired) electrons. The van der Waals surface area contributed by atoms with E-state index in [4.69, 9.17) is 4.74 Å². The van der Waals surface area contributed by atoms with Crippen molar-refractivity contribution in [3.05, 3.63) is 103 Å². The van der Waals surface area contributed by atoms with Gasteiger partial charge in [0.05, 0.1) is 24.6 Å². The van der Waals surface area contributed by atoms with E-state index >= 15 is 0 Å². The molecule has 0 saturated heterocycles. The number of pyridine rings is 1. The highest BCUT2D eigenvalue weighted by atomic mass is 19.1. The molecule has 9 nitrogen and oxygen atoms in total. The molecule has 36 heavy (non-hydrogen) atoms. The van der Waals surface area contributed by atoms with Crippen LogP contribution in [0.3, 0.4) is 0 Å². The summed E-state index contributed by atoms with van der Waals surface area (Å²) in [4.78, 5) is 9.64. The molecule has 0 aliphatic carbocycles. The Bertz CT molecular complexity index is 1440. The van der Waals surface area contributed by atoms with Gasteiger partial charge in [-0.25, -0.2) is 23.4 Å². The Morgan fingerprint density at radius 1 is 0.944 bits per heavy atom. The second-order valence-corrected chi connectivity index (χ2v) is 8.15. The minimum atomic E-state index is -1.92. The van der Waals surface area contributed by atoms with Crippen LogP contribution in [0.25, 0.3) is 16.8 Å². The molecule has 2 aromatic carbocycles. The van der Waals surface area contributed by atoms with Gasteiger partial charge in [-0.05, 0) is 42.3 Å². The SMILES string of the molecule is C[C@@H](Oc1cc(-c2ccc(-n3nccn3)cc2)ccn1)[C@](O)(Cn1cncn1)c1ccc(F)cc1F. The predicted molar refractivity (Wildman–Crippen MR) is 125 cm³/mol. The molecule has 0 spiro atoms. The molecule has 0 fully saturated rings. The third-order valence-corrected chi connectivity index (χ3v) is 5.82. The smallest absolute Gasteiger partial charge is 0.214 e. The maximum atomic E-state index is 14.8. The molecule has 0 amide bonds. The number of hydrogen-bond acceptors (Lipinski definition) is 7. The van der Waals surface area contributed by atoms with E-state index in [0.717, 1.165) is 28.9 Å². The maximum Gasteiger partial charge on any atom is 0.214 e. The van der Waals surface area contributed by atoms with Crippen molar-refractivity contribution in [3.8, 4) is 22.7 Å². The molecule has 5 aromatic rings. The van der Waals surface area contributed by atoms with Crippen LogP contribution in [-0.4, -0.2) is 46.0 Å². The van der Waals surface area contributed by atoms with Crippen molar-refractivity contribution in [2.45, 2.75) is 25.2 Å². The Morgan fingerprint density at radius 3 is 2.42 bits per heavy atom. The molecule has 5 rings (SSSR count). The standard InChI is InChI=1S/C25H21F2N7O2/c1-17(25(35,14-33-16-28-15-32-33)22-7-4-20(26)13-23(22)27)36-24-12-19(8-9-29-24)18-2-5-21(6-3-18)34-30-10-11-31-34/h2-13,15-17,35H,14H2,1H3/t17-,25-/m1/s1. The van der Waals surface area contributed by atoms with Gasteiger partial charge in [0.1, 0.15) is 36.0 Å². The number of ether oxygens (including phenoxy) is 1. The van der Waals surface area contributed by atoms with E-state index in [0.29, 0.717) is 0 Å². The quantitative estimate of drug-likeness (QED) is 0.356. The van der Waals surface area contributed by atoms with Gasteiger partial charge in [0.15, 0.2) is 0 Å². The highest BCUT2D eigenvalue weighted by Gasteiger charge is 2.41. The van der Waals surface area contributed by atoms with Crippen LogP contribution in [0.1, 0.15) is 12.5 Å². The molecule has 0 aliphatic heterocycles. The summed E-state index contributed by atoms with van der Waals surface area (Å²) in [5, 5.41) is 23.9. The molecule has 182 valence electrons. The lowest BCUT2D eigenvalue weighted by Gasteiger charge is -2.34. The first kappa shape index (κ1) is 23.2.